The monoisotopic (exact) mass is 430 g/mol. The Morgan fingerprint density at radius 3 is 2.78 bits per heavy atom. The van der Waals surface area contributed by atoms with Gasteiger partial charge in [0.15, 0.2) is 0 Å². The molecule has 1 aliphatic rings. The number of piperidine rings is 1. The molecule has 0 spiro atoms. The Bertz CT molecular complexity index is 1010. The van der Waals surface area contributed by atoms with E-state index in [0.29, 0.717) is 24.6 Å². The topological polar surface area (TPSA) is 67.3 Å². The smallest absolute Gasteiger partial charge is 0.252 e. The Hall–Kier alpha value is -3.25. The highest BCUT2D eigenvalue weighted by Gasteiger charge is 2.23. The minimum Gasteiger partial charge on any atom is -0.491 e. The summed E-state index contributed by atoms with van der Waals surface area (Å²) in [5, 5.41) is 2.90. The van der Waals surface area contributed by atoms with E-state index in [1.54, 1.807) is 6.20 Å². The second-order valence-corrected chi connectivity index (χ2v) is 8.24. The van der Waals surface area contributed by atoms with E-state index in [4.69, 9.17) is 4.74 Å². The van der Waals surface area contributed by atoms with Crippen molar-refractivity contribution >= 4 is 5.91 Å². The fourth-order valence-corrected chi connectivity index (χ4v) is 4.09. The number of ether oxygens (including phenoxy) is 1. The average Bonchev–Trinajstić information content (AvgIpc) is 2.84. The molecule has 1 saturated heterocycles. The molecular formula is C26H30N4O2. The number of para-hydroxylation sites is 1. The summed E-state index contributed by atoms with van der Waals surface area (Å²) in [5.74, 6) is 1.10. The third-order valence-corrected chi connectivity index (χ3v) is 5.82. The van der Waals surface area contributed by atoms with Crippen LogP contribution in [-0.2, 0) is 6.54 Å². The number of likely N-dealkylation sites (tertiary alicyclic amines) is 1. The molecule has 1 aromatic carbocycles. The third kappa shape index (κ3) is 5.92. The van der Waals surface area contributed by atoms with Crippen LogP contribution in [-0.4, -0.2) is 47.0 Å². The Balaban J connectivity index is 1.25. The Morgan fingerprint density at radius 1 is 1.12 bits per heavy atom. The molecule has 0 saturated carbocycles. The predicted octanol–water partition coefficient (Wildman–Crippen LogP) is 3.97. The summed E-state index contributed by atoms with van der Waals surface area (Å²) < 4.78 is 5.73. The van der Waals surface area contributed by atoms with Crippen molar-refractivity contribution in [3.8, 4) is 5.75 Å². The van der Waals surface area contributed by atoms with Crippen molar-refractivity contribution in [2.24, 2.45) is 0 Å². The molecule has 3 heterocycles. The van der Waals surface area contributed by atoms with Gasteiger partial charge in [-0.25, -0.2) is 0 Å². The van der Waals surface area contributed by atoms with E-state index in [1.807, 2.05) is 61.7 Å². The SMILES string of the molecule is Cc1ccccc1OCCNC(=O)c1ccc([C@@H]2CCCN(Cc3ccccn3)C2)nc1. The molecule has 1 fully saturated rings. The number of hydrogen-bond acceptors (Lipinski definition) is 5. The molecule has 6 heteroatoms. The number of aryl methyl sites for hydroxylation is 1. The van der Waals surface area contributed by atoms with E-state index in [2.05, 4.69) is 26.3 Å². The van der Waals surface area contributed by atoms with E-state index in [9.17, 15) is 4.79 Å². The molecule has 166 valence electrons. The number of carbonyl (C=O) groups excluding carboxylic acids is 1. The number of pyridine rings is 2. The Kier molecular flexibility index (Phi) is 7.46. The lowest BCUT2D eigenvalue weighted by Gasteiger charge is -2.32. The van der Waals surface area contributed by atoms with Crippen LogP contribution < -0.4 is 10.1 Å². The van der Waals surface area contributed by atoms with Crippen LogP contribution in [0.4, 0.5) is 0 Å². The van der Waals surface area contributed by atoms with Crippen molar-refractivity contribution in [1.82, 2.24) is 20.2 Å². The van der Waals surface area contributed by atoms with Gasteiger partial charge in [0, 0.05) is 37.1 Å². The maximum absolute atomic E-state index is 12.4. The molecule has 0 bridgehead atoms. The summed E-state index contributed by atoms with van der Waals surface area (Å²) in [6.07, 6.45) is 5.79. The fraction of sp³-hybridized carbons (Fsp3) is 0.346. The molecule has 1 aliphatic heterocycles. The summed E-state index contributed by atoms with van der Waals surface area (Å²) in [6.45, 7) is 5.79. The average molecular weight is 431 g/mol. The van der Waals surface area contributed by atoms with Crippen molar-refractivity contribution in [2.75, 3.05) is 26.2 Å². The maximum atomic E-state index is 12.4. The molecule has 0 radical (unpaired) electrons. The quantitative estimate of drug-likeness (QED) is 0.548. The number of benzene rings is 1. The van der Waals surface area contributed by atoms with Crippen LogP contribution in [0.15, 0.2) is 67.0 Å². The zero-order chi connectivity index (χ0) is 22.2. The Labute approximate surface area is 189 Å². The first-order valence-corrected chi connectivity index (χ1v) is 11.2. The second-order valence-electron chi connectivity index (χ2n) is 8.24. The highest BCUT2D eigenvalue weighted by atomic mass is 16.5. The van der Waals surface area contributed by atoms with Gasteiger partial charge in [0.25, 0.3) is 5.91 Å². The molecule has 0 unspecified atom stereocenters. The van der Waals surface area contributed by atoms with E-state index in [1.165, 1.54) is 0 Å². The van der Waals surface area contributed by atoms with Crippen molar-refractivity contribution < 1.29 is 9.53 Å². The van der Waals surface area contributed by atoms with Crippen LogP contribution in [0.5, 0.6) is 5.75 Å². The predicted molar refractivity (Wildman–Crippen MR) is 125 cm³/mol. The van der Waals surface area contributed by atoms with E-state index >= 15 is 0 Å². The minimum absolute atomic E-state index is 0.127. The van der Waals surface area contributed by atoms with Gasteiger partial charge in [-0.1, -0.05) is 24.3 Å². The zero-order valence-electron chi connectivity index (χ0n) is 18.5. The van der Waals surface area contributed by atoms with E-state index < -0.39 is 0 Å². The fourth-order valence-electron chi connectivity index (χ4n) is 4.09. The molecular weight excluding hydrogens is 400 g/mol. The number of rotatable bonds is 8. The van der Waals surface area contributed by atoms with Crippen LogP contribution in [0.25, 0.3) is 0 Å². The van der Waals surface area contributed by atoms with Crippen LogP contribution in [0.1, 0.15) is 46.1 Å². The van der Waals surface area contributed by atoms with Gasteiger partial charge in [0.2, 0.25) is 0 Å². The second kappa shape index (κ2) is 10.9. The van der Waals surface area contributed by atoms with Gasteiger partial charge in [-0.2, -0.15) is 0 Å². The van der Waals surface area contributed by atoms with Gasteiger partial charge in [0.1, 0.15) is 12.4 Å². The van der Waals surface area contributed by atoms with Gasteiger partial charge in [-0.15, -0.1) is 0 Å². The molecule has 2 aromatic heterocycles. The number of amides is 1. The van der Waals surface area contributed by atoms with Gasteiger partial charge in [-0.3, -0.25) is 19.7 Å². The lowest BCUT2D eigenvalue weighted by atomic mass is 9.94. The Morgan fingerprint density at radius 2 is 2.00 bits per heavy atom. The van der Waals surface area contributed by atoms with Gasteiger partial charge < -0.3 is 10.1 Å². The van der Waals surface area contributed by atoms with Gasteiger partial charge in [-0.05, 0) is 62.2 Å². The zero-order valence-corrected chi connectivity index (χ0v) is 18.5. The molecule has 1 atom stereocenters. The molecule has 1 amide bonds. The summed E-state index contributed by atoms with van der Waals surface area (Å²) in [5.41, 5.74) is 3.81. The molecule has 6 nitrogen and oxygen atoms in total. The third-order valence-electron chi connectivity index (χ3n) is 5.82. The van der Waals surface area contributed by atoms with E-state index in [0.717, 1.165) is 55.2 Å². The number of carbonyl (C=O) groups is 1. The summed E-state index contributed by atoms with van der Waals surface area (Å²) >= 11 is 0. The number of nitrogens with zero attached hydrogens (tertiary/aromatic N) is 3. The van der Waals surface area contributed by atoms with Gasteiger partial charge in [0.05, 0.1) is 17.8 Å². The van der Waals surface area contributed by atoms with Crippen molar-refractivity contribution in [3.05, 3.63) is 89.5 Å². The van der Waals surface area contributed by atoms with Crippen molar-refractivity contribution in [3.63, 3.8) is 0 Å². The molecule has 1 N–H and O–H groups in total. The minimum atomic E-state index is -0.127. The molecule has 3 aromatic rings. The summed E-state index contributed by atoms with van der Waals surface area (Å²) in [4.78, 5) is 23.9. The summed E-state index contributed by atoms with van der Waals surface area (Å²) in [7, 11) is 0. The molecule has 0 aliphatic carbocycles. The van der Waals surface area contributed by atoms with Crippen LogP contribution in [0.3, 0.4) is 0 Å². The normalized spacial score (nSPS) is 16.5. The maximum Gasteiger partial charge on any atom is 0.252 e. The highest BCUT2D eigenvalue weighted by Crippen LogP contribution is 2.26. The molecule has 4 rings (SSSR count). The first kappa shape index (κ1) is 22.0. The standard InChI is InChI=1S/C26H30N4O2/c1-20-7-2-3-10-25(20)32-16-14-28-26(31)21-11-12-24(29-17-21)22-8-6-15-30(18-22)19-23-9-4-5-13-27-23/h2-5,7,9-13,17,22H,6,8,14-16,18-19H2,1H3,(H,28,31)/t22-/m1/s1. The summed E-state index contributed by atoms with van der Waals surface area (Å²) in [6, 6.07) is 17.8. The van der Waals surface area contributed by atoms with Crippen LogP contribution >= 0.6 is 0 Å². The van der Waals surface area contributed by atoms with Gasteiger partial charge >= 0.3 is 0 Å². The van der Waals surface area contributed by atoms with E-state index in [-0.39, 0.29) is 5.91 Å². The van der Waals surface area contributed by atoms with Crippen molar-refractivity contribution in [2.45, 2.75) is 32.2 Å². The highest BCUT2D eigenvalue weighted by molar-refractivity contribution is 5.93. The largest absolute Gasteiger partial charge is 0.491 e. The van der Waals surface area contributed by atoms with Crippen LogP contribution in [0.2, 0.25) is 0 Å². The van der Waals surface area contributed by atoms with Crippen LogP contribution in [0, 0.1) is 6.92 Å². The lowest BCUT2D eigenvalue weighted by molar-refractivity contribution is 0.0946. The molecule has 32 heavy (non-hydrogen) atoms. The first-order valence-electron chi connectivity index (χ1n) is 11.2. The first-order chi connectivity index (χ1) is 15.7. The van der Waals surface area contributed by atoms with Crippen molar-refractivity contribution in [1.29, 1.82) is 0 Å². The number of aromatic nitrogens is 2. The lowest BCUT2D eigenvalue weighted by Crippen LogP contribution is -2.34. The number of hydrogen-bond donors (Lipinski definition) is 1. The number of nitrogens with one attached hydrogen (secondary N) is 1.